The number of anilines is 1. The van der Waals surface area contributed by atoms with Crippen LogP contribution in [0, 0.1) is 6.92 Å². The Balaban J connectivity index is 1.46. The second-order valence-electron chi connectivity index (χ2n) is 11.4. The van der Waals surface area contributed by atoms with Crippen molar-refractivity contribution >= 4 is 38.4 Å². The molecule has 9 heteroatoms. The number of nitrogens with one attached hydrogen (secondary N) is 1. The Labute approximate surface area is 261 Å². The third-order valence-corrected chi connectivity index (χ3v) is 9.93. The van der Waals surface area contributed by atoms with Gasteiger partial charge in [-0.1, -0.05) is 109 Å². The van der Waals surface area contributed by atoms with Gasteiger partial charge in [0.25, 0.3) is 5.91 Å². The SMILES string of the molecule is Cc1ccc(S(=O)(=O)N[C@@](C)(C(=O)OCc2ccccc2)[C@@]2(O)C(=O)N(Cc3cccc4ccccc34)c3ccccc32)cc1. The molecule has 1 heterocycles. The lowest BCUT2D eigenvalue weighted by Crippen LogP contribution is -2.68. The molecule has 0 aliphatic carbocycles. The summed E-state index contributed by atoms with van der Waals surface area (Å²) in [5, 5.41) is 14.5. The molecule has 1 aliphatic rings. The number of aryl methyl sites for hydroxylation is 1. The first-order valence-electron chi connectivity index (χ1n) is 14.5. The number of hydrogen-bond acceptors (Lipinski definition) is 6. The first kappa shape index (κ1) is 30.2. The maximum absolute atomic E-state index is 14.6. The fourth-order valence-corrected chi connectivity index (χ4v) is 7.23. The molecule has 0 saturated heterocycles. The lowest BCUT2D eigenvalue weighted by atomic mass is 9.77. The van der Waals surface area contributed by atoms with Crippen LogP contribution in [-0.2, 0) is 43.1 Å². The summed E-state index contributed by atoms with van der Waals surface area (Å²) in [6.07, 6.45) is 0. The van der Waals surface area contributed by atoms with Crippen LogP contribution in [0.25, 0.3) is 10.8 Å². The molecule has 0 saturated carbocycles. The number of aliphatic hydroxyl groups is 1. The maximum Gasteiger partial charge on any atom is 0.331 e. The zero-order valence-corrected chi connectivity index (χ0v) is 25.6. The third kappa shape index (κ3) is 5.29. The van der Waals surface area contributed by atoms with E-state index in [4.69, 9.17) is 4.74 Å². The lowest BCUT2D eigenvalue weighted by molar-refractivity contribution is -0.170. The van der Waals surface area contributed by atoms with Gasteiger partial charge in [-0.25, -0.2) is 13.2 Å². The monoisotopic (exact) mass is 620 g/mol. The fraction of sp³-hybridized carbons (Fsp3) is 0.167. The van der Waals surface area contributed by atoms with Crippen molar-refractivity contribution in [2.75, 3.05) is 4.90 Å². The normalized spacial score (nSPS) is 17.6. The van der Waals surface area contributed by atoms with Gasteiger partial charge in [-0.05, 0) is 53.9 Å². The summed E-state index contributed by atoms with van der Waals surface area (Å²) >= 11 is 0. The van der Waals surface area contributed by atoms with Crippen molar-refractivity contribution in [3.63, 3.8) is 0 Å². The number of sulfonamides is 1. The molecule has 5 aromatic carbocycles. The Kier molecular flexibility index (Phi) is 7.78. The highest BCUT2D eigenvalue weighted by atomic mass is 32.2. The zero-order valence-electron chi connectivity index (χ0n) is 24.8. The van der Waals surface area contributed by atoms with Crippen LogP contribution >= 0.6 is 0 Å². The number of fused-ring (bicyclic) bond motifs is 2. The molecule has 2 atom stereocenters. The van der Waals surface area contributed by atoms with E-state index in [9.17, 15) is 23.1 Å². The van der Waals surface area contributed by atoms with Gasteiger partial charge >= 0.3 is 5.97 Å². The van der Waals surface area contributed by atoms with Gasteiger partial charge in [-0.3, -0.25) is 4.79 Å². The number of hydrogen-bond donors (Lipinski definition) is 2. The Morgan fingerprint density at radius 3 is 2.27 bits per heavy atom. The number of nitrogens with zero attached hydrogens (tertiary/aromatic N) is 1. The predicted molar refractivity (Wildman–Crippen MR) is 172 cm³/mol. The summed E-state index contributed by atoms with van der Waals surface area (Å²) in [6.45, 7) is 2.88. The van der Waals surface area contributed by atoms with Crippen molar-refractivity contribution < 1.29 is 27.9 Å². The van der Waals surface area contributed by atoms with Crippen molar-refractivity contribution in [1.29, 1.82) is 0 Å². The van der Waals surface area contributed by atoms with E-state index in [1.54, 1.807) is 54.6 Å². The molecule has 2 N–H and O–H groups in total. The number of para-hydroxylation sites is 1. The van der Waals surface area contributed by atoms with Crippen molar-refractivity contribution in [3.8, 4) is 0 Å². The Hall–Kier alpha value is -4.83. The molecular formula is C36H32N2O6S. The highest BCUT2D eigenvalue weighted by Crippen LogP contribution is 2.48. The molecule has 0 aromatic heterocycles. The van der Waals surface area contributed by atoms with Crippen molar-refractivity contribution in [2.24, 2.45) is 0 Å². The first-order valence-corrected chi connectivity index (χ1v) is 16.0. The molecule has 0 unspecified atom stereocenters. The molecule has 228 valence electrons. The van der Waals surface area contributed by atoms with Gasteiger partial charge in [0, 0.05) is 5.56 Å². The van der Waals surface area contributed by atoms with Crippen LogP contribution in [0.5, 0.6) is 0 Å². The van der Waals surface area contributed by atoms with Crippen LogP contribution in [-0.4, -0.2) is 30.9 Å². The van der Waals surface area contributed by atoms with Crippen LogP contribution in [0.3, 0.4) is 0 Å². The Bertz CT molecular complexity index is 2010. The van der Waals surface area contributed by atoms with Crippen LogP contribution in [0.1, 0.15) is 29.2 Å². The standard InChI is InChI=1S/C36H32N2O6S/c1-25-19-21-29(22-20-25)45(42,43)37-35(2,34(40)44-24-26-11-4-3-5-12-26)36(41)31-17-8-9-18-32(31)38(33(36)39)23-28-15-10-14-27-13-6-7-16-30(27)28/h3-22,37,41H,23-24H2,1-2H3/t35-,36-/m0/s1. The van der Waals surface area contributed by atoms with Crippen LogP contribution in [0.4, 0.5) is 5.69 Å². The fourth-order valence-electron chi connectivity index (χ4n) is 5.85. The zero-order chi connectivity index (χ0) is 31.8. The van der Waals surface area contributed by atoms with Crippen molar-refractivity contribution in [1.82, 2.24) is 4.72 Å². The van der Waals surface area contributed by atoms with E-state index < -0.39 is 33.0 Å². The molecule has 5 aromatic rings. The topological polar surface area (TPSA) is 113 Å². The number of ether oxygens (including phenoxy) is 1. The molecule has 0 bridgehead atoms. The molecule has 1 amide bonds. The quantitative estimate of drug-likeness (QED) is 0.215. The Morgan fingerprint density at radius 2 is 1.51 bits per heavy atom. The molecule has 0 radical (unpaired) electrons. The molecule has 0 fully saturated rings. The number of benzene rings is 5. The minimum Gasteiger partial charge on any atom is -0.459 e. The first-order chi connectivity index (χ1) is 21.5. The molecular weight excluding hydrogens is 588 g/mol. The van der Waals surface area contributed by atoms with E-state index in [1.807, 2.05) is 55.5 Å². The summed E-state index contributed by atoms with van der Waals surface area (Å²) in [4.78, 5) is 29.9. The van der Waals surface area contributed by atoms with E-state index in [-0.39, 0.29) is 23.6 Å². The predicted octanol–water partition coefficient (Wildman–Crippen LogP) is 5.36. The minimum atomic E-state index is -4.45. The van der Waals surface area contributed by atoms with E-state index in [0.717, 1.165) is 21.9 Å². The molecule has 1 aliphatic heterocycles. The summed E-state index contributed by atoms with van der Waals surface area (Å²) < 4.78 is 35.7. The van der Waals surface area contributed by atoms with Gasteiger partial charge in [-0.15, -0.1) is 0 Å². The van der Waals surface area contributed by atoms with Crippen LogP contribution in [0.2, 0.25) is 0 Å². The third-order valence-electron chi connectivity index (χ3n) is 8.36. The largest absolute Gasteiger partial charge is 0.459 e. The van der Waals surface area contributed by atoms with Crippen LogP contribution < -0.4 is 9.62 Å². The van der Waals surface area contributed by atoms with Gasteiger partial charge in [-0.2, -0.15) is 4.72 Å². The smallest absolute Gasteiger partial charge is 0.331 e. The second-order valence-corrected chi connectivity index (χ2v) is 13.0. The minimum absolute atomic E-state index is 0.0688. The number of carbonyl (C=O) groups excluding carboxylic acids is 2. The second kappa shape index (κ2) is 11.6. The van der Waals surface area contributed by atoms with Crippen molar-refractivity contribution in [3.05, 3.63) is 144 Å². The molecule has 8 nitrogen and oxygen atoms in total. The van der Waals surface area contributed by atoms with Crippen LogP contribution in [0.15, 0.2) is 126 Å². The van der Waals surface area contributed by atoms with E-state index in [2.05, 4.69) is 4.72 Å². The van der Waals surface area contributed by atoms with Gasteiger partial charge < -0.3 is 14.7 Å². The van der Waals surface area contributed by atoms with E-state index >= 15 is 0 Å². The average molecular weight is 621 g/mol. The number of carbonyl (C=O) groups is 2. The highest BCUT2D eigenvalue weighted by molar-refractivity contribution is 7.89. The highest BCUT2D eigenvalue weighted by Gasteiger charge is 2.66. The maximum atomic E-state index is 14.6. The average Bonchev–Trinajstić information content (AvgIpc) is 3.27. The Morgan fingerprint density at radius 1 is 0.867 bits per heavy atom. The number of esters is 1. The van der Waals surface area contributed by atoms with Gasteiger partial charge in [0.05, 0.1) is 17.1 Å². The van der Waals surface area contributed by atoms with Gasteiger partial charge in [0.1, 0.15) is 6.61 Å². The summed E-state index contributed by atoms with van der Waals surface area (Å²) in [7, 11) is -4.45. The number of rotatable bonds is 9. The molecule has 45 heavy (non-hydrogen) atoms. The summed E-state index contributed by atoms with van der Waals surface area (Å²) in [5.41, 5.74) is -2.41. The van der Waals surface area contributed by atoms with E-state index in [0.29, 0.717) is 11.3 Å². The van der Waals surface area contributed by atoms with Crippen molar-refractivity contribution in [2.45, 2.75) is 43.0 Å². The van der Waals surface area contributed by atoms with Gasteiger partial charge in [0.2, 0.25) is 15.6 Å². The molecule has 0 spiro atoms. The van der Waals surface area contributed by atoms with Gasteiger partial charge in [0.15, 0.2) is 5.54 Å². The summed E-state index contributed by atoms with van der Waals surface area (Å²) in [5.74, 6) is -1.97. The van der Waals surface area contributed by atoms with E-state index in [1.165, 1.54) is 30.0 Å². The lowest BCUT2D eigenvalue weighted by Gasteiger charge is -2.39. The summed E-state index contributed by atoms with van der Waals surface area (Å²) in [6, 6.07) is 34.9. The molecule has 6 rings (SSSR count). The number of amides is 1.